The van der Waals surface area contributed by atoms with Crippen molar-refractivity contribution in [3.63, 3.8) is 0 Å². The third-order valence-corrected chi connectivity index (χ3v) is 4.86. The molecule has 1 aliphatic heterocycles. The van der Waals surface area contributed by atoms with Crippen LogP contribution in [0.3, 0.4) is 0 Å². The molecule has 1 saturated heterocycles. The van der Waals surface area contributed by atoms with E-state index in [0.717, 1.165) is 16.7 Å². The summed E-state index contributed by atoms with van der Waals surface area (Å²) in [6.45, 7) is 1.47. The predicted octanol–water partition coefficient (Wildman–Crippen LogP) is 1.30. The first-order valence-corrected chi connectivity index (χ1v) is 8.52. The van der Waals surface area contributed by atoms with Crippen molar-refractivity contribution in [2.45, 2.75) is 6.18 Å². The lowest BCUT2D eigenvalue weighted by atomic mass is 10.1. The van der Waals surface area contributed by atoms with E-state index >= 15 is 0 Å². The highest BCUT2D eigenvalue weighted by molar-refractivity contribution is 5.56. The minimum absolute atomic E-state index is 0.128. The molecule has 3 rings (SSSR count). The van der Waals surface area contributed by atoms with Crippen LogP contribution in [0.1, 0.15) is 11.1 Å². The van der Waals surface area contributed by atoms with E-state index in [-0.39, 0.29) is 11.4 Å². The molecule has 1 aromatic carbocycles. The number of hydrogen-bond acceptors (Lipinski definition) is 5. The second-order valence-corrected chi connectivity index (χ2v) is 6.54. The first kappa shape index (κ1) is 19.5. The quantitative estimate of drug-likeness (QED) is 0.769. The van der Waals surface area contributed by atoms with Crippen LogP contribution in [0.15, 0.2) is 33.9 Å². The van der Waals surface area contributed by atoms with Crippen LogP contribution in [0.4, 0.5) is 24.7 Å². The van der Waals surface area contributed by atoms with Gasteiger partial charge in [0.2, 0.25) is 0 Å². The van der Waals surface area contributed by atoms with E-state index in [1.165, 1.54) is 24.7 Å². The highest BCUT2D eigenvalue weighted by Crippen LogP contribution is 2.32. The van der Waals surface area contributed by atoms with Crippen molar-refractivity contribution in [3.05, 3.63) is 56.2 Å². The minimum atomic E-state index is -4.41. The number of benzene rings is 1. The molecule has 0 saturated carbocycles. The number of piperazine rings is 1. The molecule has 0 atom stereocenters. The smallest absolute Gasteiger partial charge is 0.368 e. The maximum Gasteiger partial charge on any atom is 0.416 e. The van der Waals surface area contributed by atoms with Crippen LogP contribution >= 0.6 is 0 Å². The van der Waals surface area contributed by atoms with E-state index in [4.69, 9.17) is 0 Å². The molecule has 0 unspecified atom stereocenters. The first-order valence-electron chi connectivity index (χ1n) is 8.52. The van der Waals surface area contributed by atoms with Gasteiger partial charge in [-0.15, -0.1) is 0 Å². The zero-order chi connectivity index (χ0) is 20.6. The molecule has 0 amide bonds. The molecule has 2 heterocycles. The normalized spacial score (nSPS) is 14.9. The second kappa shape index (κ2) is 7.07. The highest BCUT2D eigenvalue weighted by Gasteiger charge is 2.31. The van der Waals surface area contributed by atoms with Gasteiger partial charge in [-0.3, -0.25) is 13.9 Å². The molecular weight excluding hydrogens is 375 g/mol. The summed E-state index contributed by atoms with van der Waals surface area (Å²) in [7, 11) is 2.79. The third-order valence-electron chi connectivity index (χ3n) is 4.86. The van der Waals surface area contributed by atoms with Gasteiger partial charge in [0, 0.05) is 46.0 Å². The summed E-state index contributed by atoms with van der Waals surface area (Å²) in [6.07, 6.45) is -4.41. The van der Waals surface area contributed by atoms with E-state index in [0.29, 0.717) is 31.9 Å². The van der Waals surface area contributed by atoms with Crippen molar-refractivity contribution in [1.82, 2.24) is 9.13 Å². The molecule has 28 heavy (non-hydrogen) atoms. The van der Waals surface area contributed by atoms with Crippen LogP contribution < -0.4 is 21.0 Å². The van der Waals surface area contributed by atoms with Gasteiger partial charge in [0.15, 0.2) is 5.56 Å². The molecule has 148 valence electrons. The Balaban J connectivity index is 1.87. The fourth-order valence-corrected chi connectivity index (χ4v) is 3.36. The van der Waals surface area contributed by atoms with E-state index in [1.54, 1.807) is 15.9 Å². The lowest BCUT2D eigenvalue weighted by molar-refractivity contribution is -0.137. The number of rotatable bonds is 2. The molecule has 0 spiro atoms. The second-order valence-electron chi connectivity index (χ2n) is 6.54. The Bertz CT molecular complexity index is 1060. The number of anilines is 2. The van der Waals surface area contributed by atoms with Crippen LogP contribution in [-0.2, 0) is 20.3 Å². The fourth-order valence-electron chi connectivity index (χ4n) is 3.36. The van der Waals surface area contributed by atoms with Gasteiger partial charge in [0.05, 0.1) is 5.56 Å². The van der Waals surface area contributed by atoms with Crippen molar-refractivity contribution in [2.24, 2.45) is 14.1 Å². The van der Waals surface area contributed by atoms with Gasteiger partial charge in [0.25, 0.3) is 5.56 Å². The molecule has 0 N–H and O–H groups in total. The number of nitrogens with zero attached hydrogens (tertiary/aromatic N) is 5. The largest absolute Gasteiger partial charge is 0.416 e. The minimum Gasteiger partial charge on any atom is -0.368 e. The van der Waals surface area contributed by atoms with Gasteiger partial charge < -0.3 is 9.80 Å². The molecule has 1 aliphatic rings. The summed E-state index contributed by atoms with van der Waals surface area (Å²) in [6, 6.07) is 6.96. The van der Waals surface area contributed by atoms with Gasteiger partial charge in [-0.1, -0.05) is 6.07 Å². The average Bonchev–Trinajstić information content (AvgIpc) is 2.68. The Kier molecular flexibility index (Phi) is 4.93. The molecular formula is C18H18F3N5O2. The van der Waals surface area contributed by atoms with Crippen molar-refractivity contribution < 1.29 is 13.2 Å². The standard InChI is InChI=1S/C18H18F3N5O2/c1-23-15(14(11-22)16(27)24(2)17(23)28)26-8-6-25(7-9-26)13-5-3-4-12(10-13)18(19,20)21/h3-5,10H,6-9H2,1-2H3. The molecule has 2 aromatic rings. The summed E-state index contributed by atoms with van der Waals surface area (Å²) in [4.78, 5) is 28.0. The van der Waals surface area contributed by atoms with E-state index in [1.807, 2.05) is 6.07 Å². The third kappa shape index (κ3) is 3.35. The van der Waals surface area contributed by atoms with Crippen molar-refractivity contribution in [3.8, 4) is 6.07 Å². The summed E-state index contributed by atoms with van der Waals surface area (Å²) in [5.74, 6) is 0.235. The molecule has 1 fully saturated rings. The lowest BCUT2D eigenvalue weighted by Crippen LogP contribution is -2.50. The molecule has 10 heteroatoms. The number of halogens is 3. The van der Waals surface area contributed by atoms with Crippen LogP contribution in [-0.4, -0.2) is 35.3 Å². The van der Waals surface area contributed by atoms with E-state index in [2.05, 4.69) is 0 Å². The summed E-state index contributed by atoms with van der Waals surface area (Å²) >= 11 is 0. The van der Waals surface area contributed by atoms with Crippen LogP contribution in [0.25, 0.3) is 0 Å². The highest BCUT2D eigenvalue weighted by atomic mass is 19.4. The lowest BCUT2D eigenvalue weighted by Gasteiger charge is -2.38. The Labute approximate surface area is 158 Å². The molecule has 0 aliphatic carbocycles. The van der Waals surface area contributed by atoms with E-state index in [9.17, 15) is 28.0 Å². The Hall–Kier alpha value is -3.22. The maximum atomic E-state index is 12.9. The number of hydrogen-bond donors (Lipinski definition) is 0. The van der Waals surface area contributed by atoms with E-state index < -0.39 is 23.0 Å². The first-order chi connectivity index (χ1) is 13.1. The van der Waals surface area contributed by atoms with Crippen LogP contribution in [0, 0.1) is 11.3 Å². The number of alkyl halides is 3. The molecule has 7 nitrogen and oxygen atoms in total. The van der Waals surface area contributed by atoms with Gasteiger partial charge >= 0.3 is 11.9 Å². The predicted molar refractivity (Wildman–Crippen MR) is 97.5 cm³/mol. The Morgan fingerprint density at radius 2 is 1.61 bits per heavy atom. The van der Waals surface area contributed by atoms with Crippen LogP contribution in [0.5, 0.6) is 0 Å². The Morgan fingerprint density at radius 1 is 1.00 bits per heavy atom. The summed E-state index contributed by atoms with van der Waals surface area (Å²) in [5.41, 5.74) is -1.60. The van der Waals surface area contributed by atoms with Gasteiger partial charge in [-0.2, -0.15) is 18.4 Å². The Morgan fingerprint density at radius 3 is 2.18 bits per heavy atom. The van der Waals surface area contributed by atoms with Crippen molar-refractivity contribution in [1.29, 1.82) is 5.26 Å². The summed E-state index contributed by atoms with van der Waals surface area (Å²) < 4.78 is 40.9. The molecule has 0 bridgehead atoms. The average molecular weight is 393 g/mol. The number of nitriles is 1. The van der Waals surface area contributed by atoms with Crippen LogP contribution in [0.2, 0.25) is 0 Å². The monoisotopic (exact) mass is 393 g/mol. The fraction of sp³-hybridized carbons (Fsp3) is 0.389. The zero-order valence-corrected chi connectivity index (χ0v) is 15.3. The maximum absolute atomic E-state index is 12.9. The zero-order valence-electron chi connectivity index (χ0n) is 15.3. The SMILES string of the molecule is Cn1c(N2CCN(c3cccc(C(F)(F)F)c3)CC2)c(C#N)c(=O)n(C)c1=O. The van der Waals surface area contributed by atoms with Gasteiger partial charge in [-0.05, 0) is 18.2 Å². The van der Waals surface area contributed by atoms with Gasteiger partial charge in [0.1, 0.15) is 11.9 Å². The van der Waals surface area contributed by atoms with Gasteiger partial charge in [-0.25, -0.2) is 4.79 Å². The number of aromatic nitrogens is 2. The van der Waals surface area contributed by atoms with Crippen molar-refractivity contribution in [2.75, 3.05) is 36.0 Å². The summed E-state index contributed by atoms with van der Waals surface area (Å²) in [5, 5.41) is 9.38. The molecule has 1 aromatic heterocycles. The van der Waals surface area contributed by atoms with Crippen molar-refractivity contribution >= 4 is 11.5 Å². The topological polar surface area (TPSA) is 74.3 Å². The molecule has 0 radical (unpaired) electrons.